The summed E-state index contributed by atoms with van der Waals surface area (Å²) in [6, 6.07) is 14.8. The van der Waals surface area contributed by atoms with Crippen molar-refractivity contribution in [2.75, 3.05) is 6.54 Å². The summed E-state index contributed by atoms with van der Waals surface area (Å²) in [5.41, 5.74) is 1.88. The molecule has 0 amide bonds. The molecule has 7 heteroatoms. The number of ether oxygens (including phenoxy) is 2. The first-order chi connectivity index (χ1) is 14.0. The minimum atomic E-state index is -4.71. The van der Waals surface area contributed by atoms with Crippen LogP contribution in [0.2, 0.25) is 0 Å². The molecule has 0 spiro atoms. The van der Waals surface area contributed by atoms with E-state index in [9.17, 15) is 13.2 Å². The Hall–Kier alpha value is -2.25. The third-order valence-corrected chi connectivity index (χ3v) is 5.26. The van der Waals surface area contributed by atoms with Gasteiger partial charge in [0.25, 0.3) is 0 Å². The van der Waals surface area contributed by atoms with E-state index in [1.807, 2.05) is 18.2 Å². The summed E-state index contributed by atoms with van der Waals surface area (Å²) < 4.78 is 47.9. The van der Waals surface area contributed by atoms with Gasteiger partial charge in [-0.05, 0) is 56.0 Å². The van der Waals surface area contributed by atoms with Crippen LogP contribution in [0.3, 0.4) is 0 Å². The van der Waals surface area contributed by atoms with E-state index in [0.29, 0.717) is 17.9 Å². The van der Waals surface area contributed by atoms with Crippen molar-refractivity contribution < 1.29 is 22.6 Å². The summed E-state index contributed by atoms with van der Waals surface area (Å²) in [6.45, 7) is 1.36. The monoisotopic (exact) mass is 406 g/mol. The third kappa shape index (κ3) is 5.64. The Kier molecular flexibility index (Phi) is 5.96. The van der Waals surface area contributed by atoms with Crippen LogP contribution in [0.4, 0.5) is 13.2 Å². The Labute approximate surface area is 168 Å². The lowest BCUT2D eigenvalue weighted by Crippen LogP contribution is -2.45. The van der Waals surface area contributed by atoms with Gasteiger partial charge in [0.05, 0.1) is 6.10 Å². The van der Waals surface area contributed by atoms with Crippen molar-refractivity contribution in [1.82, 2.24) is 10.6 Å². The largest absolute Gasteiger partial charge is 0.573 e. The first-order valence-corrected chi connectivity index (χ1v) is 10.0. The summed E-state index contributed by atoms with van der Waals surface area (Å²) in [4.78, 5) is 0. The van der Waals surface area contributed by atoms with Gasteiger partial charge >= 0.3 is 6.36 Å². The predicted molar refractivity (Wildman–Crippen MR) is 104 cm³/mol. The van der Waals surface area contributed by atoms with Gasteiger partial charge < -0.3 is 20.1 Å². The molecular formula is C22H25F3N2O2. The fourth-order valence-corrected chi connectivity index (χ4v) is 3.73. The van der Waals surface area contributed by atoms with Crippen molar-refractivity contribution >= 4 is 0 Å². The van der Waals surface area contributed by atoms with Crippen molar-refractivity contribution in [3.05, 3.63) is 59.7 Å². The van der Waals surface area contributed by atoms with E-state index in [1.54, 1.807) is 6.07 Å². The summed E-state index contributed by atoms with van der Waals surface area (Å²) in [5, 5.41) is 7.09. The first-order valence-electron chi connectivity index (χ1n) is 10.0. The maximum absolute atomic E-state index is 12.6. The molecule has 29 heavy (non-hydrogen) atoms. The van der Waals surface area contributed by atoms with Crippen molar-refractivity contribution in [3.8, 4) is 11.5 Å². The fourth-order valence-electron chi connectivity index (χ4n) is 3.73. The van der Waals surface area contributed by atoms with E-state index < -0.39 is 6.36 Å². The Morgan fingerprint density at radius 1 is 1.03 bits per heavy atom. The lowest BCUT2D eigenvalue weighted by molar-refractivity contribution is -0.274. The molecule has 1 aliphatic heterocycles. The van der Waals surface area contributed by atoms with Gasteiger partial charge in [-0.15, -0.1) is 13.2 Å². The van der Waals surface area contributed by atoms with Crippen LogP contribution in [0.25, 0.3) is 0 Å². The molecule has 2 unspecified atom stereocenters. The zero-order chi connectivity index (χ0) is 20.3. The van der Waals surface area contributed by atoms with Crippen LogP contribution in [0.5, 0.6) is 11.5 Å². The SMILES string of the molecule is FC(F)(F)Oc1ccc(OC2CC2)c(CNC2CCCNC2c2ccccc2)c1. The smallest absolute Gasteiger partial charge is 0.490 e. The van der Waals surface area contributed by atoms with E-state index >= 15 is 0 Å². The molecule has 0 radical (unpaired) electrons. The predicted octanol–water partition coefficient (Wildman–Crippen LogP) is 4.71. The minimum Gasteiger partial charge on any atom is -0.490 e. The van der Waals surface area contributed by atoms with Crippen LogP contribution in [0.15, 0.2) is 48.5 Å². The topological polar surface area (TPSA) is 42.5 Å². The number of nitrogens with one attached hydrogen (secondary N) is 2. The fraction of sp³-hybridized carbons (Fsp3) is 0.455. The molecule has 4 rings (SSSR count). The second-order valence-electron chi connectivity index (χ2n) is 7.61. The van der Waals surface area contributed by atoms with Crippen molar-refractivity contribution in [2.24, 2.45) is 0 Å². The zero-order valence-electron chi connectivity index (χ0n) is 16.0. The van der Waals surface area contributed by atoms with Gasteiger partial charge in [-0.3, -0.25) is 0 Å². The van der Waals surface area contributed by atoms with Gasteiger partial charge in [0, 0.05) is 24.2 Å². The molecule has 1 saturated heterocycles. The highest BCUT2D eigenvalue weighted by atomic mass is 19.4. The second kappa shape index (κ2) is 8.63. The third-order valence-electron chi connectivity index (χ3n) is 5.26. The second-order valence-corrected chi connectivity index (χ2v) is 7.61. The number of hydrogen-bond acceptors (Lipinski definition) is 4. The van der Waals surface area contributed by atoms with Gasteiger partial charge in [0.15, 0.2) is 0 Å². The number of halogens is 3. The summed E-state index contributed by atoms with van der Waals surface area (Å²) in [5.74, 6) is 0.397. The number of alkyl halides is 3. The molecule has 2 aliphatic rings. The number of rotatable bonds is 7. The van der Waals surface area contributed by atoms with Crippen LogP contribution in [-0.4, -0.2) is 25.1 Å². The highest BCUT2D eigenvalue weighted by molar-refractivity contribution is 5.41. The van der Waals surface area contributed by atoms with Crippen LogP contribution in [-0.2, 0) is 6.54 Å². The lowest BCUT2D eigenvalue weighted by Gasteiger charge is -2.34. The molecule has 1 saturated carbocycles. The lowest BCUT2D eigenvalue weighted by atomic mass is 9.92. The molecule has 0 bridgehead atoms. The number of piperidine rings is 1. The van der Waals surface area contributed by atoms with E-state index in [-0.39, 0.29) is 23.9 Å². The molecule has 2 N–H and O–H groups in total. The van der Waals surface area contributed by atoms with Crippen molar-refractivity contribution in [1.29, 1.82) is 0 Å². The molecule has 2 aromatic rings. The molecule has 2 fully saturated rings. The molecule has 4 nitrogen and oxygen atoms in total. The normalized spacial score (nSPS) is 22.3. The van der Waals surface area contributed by atoms with Gasteiger partial charge in [0.2, 0.25) is 0 Å². The average molecular weight is 406 g/mol. The first kappa shape index (κ1) is 20.0. The van der Waals surface area contributed by atoms with Gasteiger partial charge in [-0.2, -0.15) is 0 Å². The number of benzene rings is 2. The zero-order valence-corrected chi connectivity index (χ0v) is 16.0. The summed E-state index contributed by atoms with van der Waals surface area (Å²) >= 11 is 0. The highest BCUT2D eigenvalue weighted by Crippen LogP contribution is 2.33. The Balaban J connectivity index is 1.49. The van der Waals surface area contributed by atoms with Crippen LogP contribution >= 0.6 is 0 Å². The van der Waals surface area contributed by atoms with Gasteiger partial charge in [-0.25, -0.2) is 0 Å². The molecule has 1 aliphatic carbocycles. The molecular weight excluding hydrogens is 381 g/mol. The molecule has 0 aromatic heterocycles. The molecule has 1 heterocycles. The van der Waals surface area contributed by atoms with E-state index in [0.717, 1.165) is 32.2 Å². The quantitative estimate of drug-likeness (QED) is 0.699. The highest BCUT2D eigenvalue weighted by Gasteiger charge is 2.32. The van der Waals surface area contributed by atoms with Crippen LogP contribution in [0, 0.1) is 0 Å². The maximum atomic E-state index is 12.6. The van der Waals surface area contributed by atoms with Crippen LogP contribution in [0.1, 0.15) is 42.9 Å². The van der Waals surface area contributed by atoms with Crippen LogP contribution < -0.4 is 20.1 Å². The van der Waals surface area contributed by atoms with Gasteiger partial charge in [-0.1, -0.05) is 30.3 Å². The van der Waals surface area contributed by atoms with Crippen molar-refractivity contribution in [2.45, 2.75) is 56.8 Å². The molecule has 2 atom stereocenters. The standard InChI is InChI=1S/C22H25F3N2O2/c23-22(24,25)29-18-10-11-20(28-17-8-9-17)16(13-18)14-27-19-7-4-12-26-21(19)15-5-2-1-3-6-15/h1-3,5-6,10-11,13,17,19,21,26-27H,4,7-9,12,14H2. The summed E-state index contributed by atoms with van der Waals surface area (Å²) in [7, 11) is 0. The molecule has 2 aromatic carbocycles. The Morgan fingerprint density at radius 2 is 1.83 bits per heavy atom. The minimum absolute atomic E-state index is 0.160. The Bertz CT molecular complexity index is 809. The Morgan fingerprint density at radius 3 is 2.55 bits per heavy atom. The molecule has 156 valence electrons. The van der Waals surface area contributed by atoms with Crippen molar-refractivity contribution in [3.63, 3.8) is 0 Å². The van der Waals surface area contributed by atoms with E-state index in [2.05, 4.69) is 27.5 Å². The number of hydrogen-bond donors (Lipinski definition) is 2. The van der Waals surface area contributed by atoms with E-state index in [1.165, 1.54) is 17.7 Å². The summed E-state index contributed by atoms with van der Waals surface area (Å²) in [6.07, 6.45) is -0.549. The van der Waals surface area contributed by atoms with Gasteiger partial charge in [0.1, 0.15) is 11.5 Å². The van der Waals surface area contributed by atoms with E-state index in [4.69, 9.17) is 4.74 Å². The maximum Gasteiger partial charge on any atom is 0.573 e. The average Bonchev–Trinajstić information content (AvgIpc) is 3.52.